The second kappa shape index (κ2) is 74.0. The minimum Gasteiger partial charge on any atom is -0.394 e. The molecule has 0 aromatic carbocycles. The van der Waals surface area contributed by atoms with Gasteiger partial charge >= 0.3 is 0 Å². The van der Waals surface area contributed by atoms with Gasteiger partial charge in [0.05, 0.1) is 18.8 Å². The van der Waals surface area contributed by atoms with Crippen molar-refractivity contribution in [2.24, 2.45) is 0 Å². The number of hydrogen-bond donors (Lipinski definition) is 3. The van der Waals surface area contributed by atoms with Crippen LogP contribution >= 0.6 is 0 Å². The highest BCUT2D eigenvalue weighted by Crippen LogP contribution is 2.18. The second-order valence-corrected chi connectivity index (χ2v) is 24.6. The third-order valence-electron chi connectivity index (χ3n) is 16.4. The molecule has 0 aromatic rings. The van der Waals surface area contributed by atoms with Crippen LogP contribution in [0.1, 0.15) is 361 Å². The quantitative estimate of drug-likeness (QED) is 0.0420. The number of nitrogens with one attached hydrogen (secondary N) is 1. The summed E-state index contributed by atoms with van der Waals surface area (Å²) in [5.74, 6) is -0.0758. The molecule has 3 N–H and O–H groups in total. The molecule has 4 nitrogen and oxygen atoms in total. The lowest BCUT2D eigenvalue weighted by atomic mass is 10.0. The molecular weight excluding hydrogens is 1020 g/mol. The van der Waals surface area contributed by atoms with Gasteiger partial charge in [-0.1, -0.05) is 373 Å². The molecule has 0 radical (unpaired) electrons. The van der Waals surface area contributed by atoms with Crippen LogP contribution in [0.15, 0.2) is 122 Å². The lowest BCUT2D eigenvalue weighted by Crippen LogP contribution is -2.45. The maximum Gasteiger partial charge on any atom is 0.220 e. The van der Waals surface area contributed by atoms with E-state index in [2.05, 4.69) is 129 Å². The van der Waals surface area contributed by atoms with Crippen LogP contribution in [0.5, 0.6) is 0 Å². The molecule has 0 rings (SSSR count). The van der Waals surface area contributed by atoms with Crippen molar-refractivity contribution in [2.45, 2.75) is 373 Å². The van der Waals surface area contributed by atoms with Crippen LogP contribution in [0.2, 0.25) is 0 Å². The van der Waals surface area contributed by atoms with E-state index in [1.807, 2.05) is 6.08 Å². The summed E-state index contributed by atoms with van der Waals surface area (Å²) in [5.41, 5.74) is 0. The number of aliphatic hydroxyl groups is 2. The van der Waals surface area contributed by atoms with Crippen LogP contribution in [0.3, 0.4) is 0 Å². The fourth-order valence-corrected chi connectivity index (χ4v) is 10.9. The van der Waals surface area contributed by atoms with Crippen LogP contribution in [0, 0.1) is 0 Å². The molecule has 0 fully saturated rings. The van der Waals surface area contributed by atoms with Crippen molar-refractivity contribution < 1.29 is 15.0 Å². The first-order valence-corrected chi connectivity index (χ1v) is 36.7. The summed E-state index contributed by atoms with van der Waals surface area (Å²) in [6, 6.07) is -0.653. The third-order valence-corrected chi connectivity index (χ3v) is 16.4. The zero-order chi connectivity index (χ0) is 60.5. The lowest BCUT2D eigenvalue weighted by molar-refractivity contribution is -0.123. The van der Waals surface area contributed by atoms with Gasteiger partial charge in [0.25, 0.3) is 0 Å². The van der Waals surface area contributed by atoms with Crippen LogP contribution in [-0.2, 0) is 4.79 Å². The Morgan fingerprint density at radius 1 is 0.298 bits per heavy atom. The smallest absolute Gasteiger partial charge is 0.220 e. The SMILES string of the molecule is CC/C=C\C/C=C\C/C=C\C/C=C\C/C=C\C/C=C\C/C=C\CCCCCCCCCCCCCCCCCCCCCC(=O)NC(CO)C(O)/C=C/CC/C=C/CC/C=C/CCCCCCCCCCCCCCCCCCCCCCC. The summed E-state index contributed by atoms with van der Waals surface area (Å²) < 4.78 is 0. The predicted molar refractivity (Wildman–Crippen MR) is 377 cm³/mol. The third kappa shape index (κ3) is 69.6. The molecule has 0 saturated carbocycles. The molecule has 2 atom stereocenters. The fraction of sp³-hybridized carbons (Fsp3) is 0.738. The molecule has 0 aliphatic carbocycles. The van der Waals surface area contributed by atoms with Gasteiger partial charge in [0.1, 0.15) is 0 Å². The molecule has 1 amide bonds. The monoisotopic (exact) mass is 1160 g/mol. The van der Waals surface area contributed by atoms with Crippen molar-refractivity contribution in [1.29, 1.82) is 0 Å². The lowest BCUT2D eigenvalue weighted by Gasteiger charge is -2.19. The van der Waals surface area contributed by atoms with E-state index < -0.39 is 12.1 Å². The molecule has 0 aliphatic heterocycles. The standard InChI is InChI=1S/C80H141NO3/c1-3-5-7-9-11-13-15-17-19-21-23-25-27-29-31-33-35-36-37-38-39-40-41-42-43-44-46-48-50-52-54-56-58-60-62-64-66-68-70-72-74-76-80(84)81-78(77-82)79(83)75-73-71-69-67-65-63-61-59-57-55-53-51-49-47-45-34-32-30-28-26-24-22-20-18-16-14-12-10-8-6-4-2/h5,7,11,13,17,19,23,25,29,31,35-36,38-39,57,59,65,67,73,75,78-79,82-83H,3-4,6,8-10,12,14-16,18,20-22,24,26-28,30,32-34,37,40-56,58,60-64,66,68-72,74,76-77H2,1-2H3,(H,81,84)/b7-5-,13-11-,19-17-,25-23-,31-29-,36-35-,39-38-,59-57+,67-65+,75-73+. The Balaban J connectivity index is 3.51. The maximum atomic E-state index is 12.5. The minimum absolute atomic E-state index is 0.0758. The Kier molecular flexibility index (Phi) is 71.2. The molecular formula is C80H141NO3. The van der Waals surface area contributed by atoms with Gasteiger partial charge in [0.2, 0.25) is 5.91 Å². The maximum absolute atomic E-state index is 12.5. The average molecular weight is 1170 g/mol. The Bertz CT molecular complexity index is 1610. The largest absolute Gasteiger partial charge is 0.394 e. The van der Waals surface area contributed by atoms with Gasteiger partial charge in [-0.05, 0) is 103 Å². The van der Waals surface area contributed by atoms with Crippen molar-refractivity contribution in [3.63, 3.8) is 0 Å². The van der Waals surface area contributed by atoms with E-state index in [1.165, 1.54) is 257 Å². The molecule has 0 saturated heterocycles. The van der Waals surface area contributed by atoms with Gasteiger partial charge in [-0.3, -0.25) is 4.79 Å². The number of aliphatic hydroxyl groups excluding tert-OH is 2. The molecule has 0 bridgehead atoms. The van der Waals surface area contributed by atoms with Gasteiger partial charge in [-0.15, -0.1) is 0 Å². The first kappa shape index (κ1) is 80.8. The van der Waals surface area contributed by atoms with Crippen LogP contribution in [-0.4, -0.2) is 34.9 Å². The number of allylic oxidation sites excluding steroid dienone is 19. The van der Waals surface area contributed by atoms with Crippen molar-refractivity contribution in [3.8, 4) is 0 Å². The Hall–Kier alpha value is -3.21. The van der Waals surface area contributed by atoms with Crippen LogP contribution in [0.4, 0.5) is 0 Å². The summed E-state index contributed by atoms with van der Waals surface area (Å²) in [7, 11) is 0. The zero-order valence-corrected chi connectivity index (χ0v) is 55.9. The summed E-state index contributed by atoms with van der Waals surface area (Å²) in [6.07, 6.45) is 113. The Morgan fingerprint density at radius 2 is 0.536 bits per heavy atom. The molecule has 4 heteroatoms. The van der Waals surface area contributed by atoms with Gasteiger partial charge in [0, 0.05) is 6.42 Å². The average Bonchev–Trinajstić information content (AvgIpc) is 3.51. The van der Waals surface area contributed by atoms with E-state index in [-0.39, 0.29) is 12.5 Å². The Morgan fingerprint density at radius 3 is 0.833 bits per heavy atom. The topological polar surface area (TPSA) is 69.6 Å². The van der Waals surface area contributed by atoms with E-state index in [0.717, 1.165) is 83.5 Å². The summed E-state index contributed by atoms with van der Waals surface area (Å²) >= 11 is 0. The number of carbonyl (C=O) groups is 1. The summed E-state index contributed by atoms with van der Waals surface area (Å²) in [4.78, 5) is 12.5. The molecule has 0 heterocycles. The molecule has 0 aromatic heterocycles. The number of amides is 1. The van der Waals surface area contributed by atoms with Crippen molar-refractivity contribution in [1.82, 2.24) is 5.32 Å². The highest BCUT2D eigenvalue weighted by atomic mass is 16.3. The number of rotatable bonds is 67. The first-order valence-electron chi connectivity index (χ1n) is 36.7. The van der Waals surface area contributed by atoms with E-state index in [0.29, 0.717) is 6.42 Å². The molecule has 484 valence electrons. The van der Waals surface area contributed by atoms with E-state index in [4.69, 9.17) is 0 Å². The predicted octanol–water partition coefficient (Wildman–Crippen LogP) is 25.5. The van der Waals surface area contributed by atoms with Crippen molar-refractivity contribution in [2.75, 3.05) is 6.61 Å². The molecule has 0 spiro atoms. The van der Waals surface area contributed by atoms with Crippen molar-refractivity contribution in [3.05, 3.63) is 122 Å². The van der Waals surface area contributed by atoms with E-state index in [9.17, 15) is 15.0 Å². The van der Waals surface area contributed by atoms with Crippen molar-refractivity contribution >= 4 is 5.91 Å². The fourth-order valence-electron chi connectivity index (χ4n) is 10.9. The molecule has 84 heavy (non-hydrogen) atoms. The van der Waals surface area contributed by atoms with Gasteiger partial charge in [-0.2, -0.15) is 0 Å². The first-order chi connectivity index (χ1) is 41.7. The summed E-state index contributed by atoms with van der Waals surface area (Å²) in [5, 5.41) is 23.3. The highest BCUT2D eigenvalue weighted by Gasteiger charge is 2.18. The molecule has 0 aliphatic rings. The number of carbonyl (C=O) groups excluding carboxylic acids is 1. The van der Waals surface area contributed by atoms with Crippen LogP contribution in [0.25, 0.3) is 0 Å². The van der Waals surface area contributed by atoms with Gasteiger partial charge < -0.3 is 15.5 Å². The van der Waals surface area contributed by atoms with E-state index in [1.54, 1.807) is 6.08 Å². The second-order valence-electron chi connectivity index (χ2n) is 24.6. The normalized spacial score (nSPS) is 13.4. The van der Waals surface area contributed by atoms with Gasteiger partial charge in [-0.25, -0.2) is 0 Å². The van der Waals surface area contributed by atoms with Crippen LogP contribution < -0.4 is 5.32 Å². The number of hydrogen-bond acceptors (Lipinski definition) is 3. The summed E-state index contributed by atoms with van der Waals surface area (Å²) in [6.45, 7) is 4.21. The Labute approximate surface area is 524 Å². The zero-order valence-electron chi connectivity index (χ0n) is 55.9. The van der Waals surface area contributed by atoms with Gasteiger partial charge in [0.15, 0.2) is 0 Å². The van der Waals surface area contributed by atoms with E-state index >= 15 is 0 Å². The highest BCUT2D eigenvalue weighted by molar-refractivity contribution is 5.76. The number of unbranched alkanes of at least 4 members (excludes halogenated alkanes) is 42. The molecule has 2 unspecified atom stereocenters. The minimum atomic E-state index is -0.877.